The molecule has 5 nitrogen and oxygen atoms in total. The van der Waals surface area contributed by atoms with Gasteiger partial charge < -0.3 is 15.0 Å². The van der Waals surface area contributed by atoms with Gasteiger partial charge in [0.15, 0.2) is 0 Å². The van der Waals surface area contributed by atoms with Crippen LogP contribution in [0.15, 0.2) is 18.2 Å². The van der Waals surface area contributed by atoms with Crippen LogP contribution in [-0.2, 0) is 20.7 Å². The number of rotatable bonds is 7. The van der Waals surface area contributed by atoms with Crippen LogP contribution in [0.4, 0.5) is 4.39 Å². The molecule has 0 bridgehead atoms. The Morgan fingerprint density at radius 3 is 3.00 bits per heavy atom. The Hall–Kier alpha value is -1.95. The van der Waals surface area contributed by atoms with E-state index < -0.39 is 0 Å². The number of likely N-dealkylation sites (tertiary alicyclic amines) is 1. The maximum absolute atomic E-state index is 13.2. The van der Waals surface area contributed by atoms with E-state index in [0.29, 0.717) is 38.2 Å². The maximum Gasteiger partial charge on any atom is 0.224 e. The Morgan fingerprint density at radius 2 is 2.26 bits per heavy atom. The Morgan fingerprint density at radius 1 is 1.48 bits per heavy atom. The first-order valence-corrected chi connectivity index (χ1v) is 7.78. The van der Waals surface area contributed by atoms with E-state index in [1.165, 1.54) is 12.1 Å². The Kier molecular flexibility index (Phi) is 6.10. The summed E-state index contributed by atoms with van der Waals surface area (Å²) in [6.45, 7) is 4.06. The molecule has 1 aromatic rings. The van der Waals surface area contributed by atoms with Crippen LogP contribution in [0.3, 0.4) is 0 Å². The van der Waals surface area contributed by atoms with Gasteiger partial charge in [0.2, 0.25) is 11.8 Å². The van der Waals surface area contributed by atoms with Crippen molar-refractivity contribution in [2.45, 2.75) is 19.8 Å². The van der Waals surface area contributed by atoms with Crippen LogP contribution >= 0.6 is 0 Å². The minimum absolute atomic E-state index is 0.0993. The molecule has 1 aliphatic heterocycles. The fourth-order valence-electron chi connectivity index (χ4n) is 2.73. The molecular weight excluding hydrogens is 299 g/mol. The number of halogens is 1. The van der Waals surface area contributed by atoms with Gasteiger partial charge in [0.1, 0.15) is 5.82 Å². The number of ether oxygens (including phenoxy) is 1. The Balaban J connectivity index is 1.79. The van der Waals surface area contributed by atoms with E-state index in [0.717, 1.165) is 5.56 Å². The van der Waals surface area contributed by atoms with E-state index in [2.05, 4.69) is 5.32 Å². The van der Waals surface area contributed by atoms with E-state index in [4.69, 9.17) is 4.74 Å². The number of aryl methyl sites for hydroxylation is 1. The first kappa shape index (κ1) is 17.4. The van der Waals surface area contributed by atoms with Crippen molar-refractivity contribution in [1.29, 1.82) is 0 Å². The first-order valence-electron chi connectivity index (χ1n) is 7.78. The summed E-state index contributed by atoms with van der Waals surface area (Å²) < 4.78 is 18.2. The highest BCUT2D eigenvalue weighted by atomic mass is 19.1. The van der Waals surface area contributed by atoms with Crippen LogP contribution in [0.5, 0.6) is 0 Å². The van der Waals surface area contributed by atoms with Crippen LogP contribution in [0.2, 0.25) is 0 Å². The molecule has 1 N–H and O–H groups in total. The summed E-state index contributed by atoms with van der Waals surface area (Å²) in [7, 11) is 1.60. The molecule has 1 atom stereocenters. The average Bonchev–Trinajstić information content (AvgIpc) is 2.87. The molecule has 0 saturated carbocycles. The van der Waals surface area contributed by atoms with Crippen molar-refractivity contribution in [1.82, 2.24) is 10.2 Å². The van der Waals surface area contributed by atoms with Crippen LogP contribution in [0.25, 0.3) is 0 Å². The van der Waals surface area contributed by atoms with Crippen LogP contribution in [-0.4, -0.2) is 50.1 Å². The van der Waals surface area contributed by atoms with Crippen LogP contribution < -0.4 is 5.32 Å². The van der Waals surface area contributed by atoms with Crippen molar-refractivity contribution in [3.63, 3.8) is 0 Å². The molecule has 6 heteroatoms. The van der Waals surface area contributed by atoms with Gasteiger partial charge in [-0.3, -0.25) is 9.59 Å². The molecule has 0 aliphatic carbocycles. The van der Waals surface area contributed by atoms with Gasteiger partial charge in [-0.25, -0.2) is 4.39 Å². The lowest BCUT2D eigenvalue weighted by atomic mass is 10.0. The number of carbonyl (C=O) groups excluding carboxylic acids is 2. The van der Waals surface area contributed by atoms with Gasteiger partial charge in [-0.15, -0.1) is 0 Å². The molecule has 1 saturated heterocycles. The van der Waals surface area contributed by atoms with Gasteiger partial charge in [0.25, 0.3) is 0 Å². The molecule has 2 rings (SSSR count). The maximum atomic E-state index is 13.2. The van der Waals surface area contributed by atoms with Crippen molar-refractivity contribution in [2.24, 2.45) is 5.92 Å². The fourth-order valence-corrected chi connectivity index (χ4v) is 2.73. The Bertz CT molecular complexity index is 577. The molecule has 0 spiro atoms. The second kappa shape index (κ2) is 8.06. The zero-order valence-electron chi connectivity index (χ0n) is 13.6. The normalized spacial score (nSPS) is 17.6. The lowest BCUT2D eigenvalue weighted by Crippen LogP contribution is -2.33. The van der Waals surface area contributed by atoms with Gasteiger partial charge in [-0.2, -0.15) is 0 Å². The second-order valence-electron chi connectivity index (χ2n) is 5.95. The number of methoxy groups -OCH3 is 1. The standard InChI is InChI=1S/C17H23FN2O3/c1-12-3-4-15(18)8-14(12)9-16(21)19-10-13-7-17(22)20(11-13)5-6-23-2/h3-4,8,13H,5-7,9-11H2,1-2H3,(H,19,21)/t13-/m1/s1. The number of benzene rings is 1. The third-order valence-electron chi connectivity index (χ3n) is 4.11. The van der Waals surface area contributed by atoms with Crippen molar-refractivity contribution in [3.05, 3.63) is 35.1 Å². The van der Waals surface area contributed by atoms with E-state index in [1.54, 1.807) is 18.1 Å². The van der Waals surface area contributed by atoms with Crippen molar-refractivity contribution < 1.29 is 18.7 Å². The smallest absolute Gasteiger partial charge is 0.224 e. The minimum atomic E-state index is -0.339. The van der Waals surface area contributed by atoms with Crippen LogP contribution in [0, 0.1) is 18.7 Å². The molecule has 1 heterocycles. The van der Waals surface area contributed by atoms with Gasteiger partial charge >= 0.3 is 0 Å². The highest BCUT2D eigenvalue weighted by Gasteiger charge is 2.29. The fraction of sp³-hybridized carbons (Fsp3) is 0.529. The third kappa shape index (κ3) is 5.03. The number of nitrogens with zero attached hydrogens (tertiary/aromatic N) is 1. The van der Waals surface area contributed by atoms with Gasteiger partial charge in [0, 0.05) is 39.1 Å². The van der Waals surface area contributed by atoms with Crippen molar-refractivity contribution in [3.8, 4) is 0 Å². The van der Waals surface area contributed by atoms with Gasteiger partial charge in [0.05, 0.1) is 13.0 Å². The largest absolute Gasteiger partial charge is 0.383 e. The number of carbonyl (C=O) groups is 2. The lowest BCUT2D eigenvalue weighted by molar-refractivity contribution is -0.128. The van der Waals surface area contributed by atoms with E-state index in [1.807, 2.05) is 6.92 Å². The van der Waals surface area contributed by atoms with Gasteiger partial charge in [-0.1, -0.05) is 6.07 Å². The highest BCUT2D eigenvalue weighted by molar-refractivity contribution is 5.80. The summed E-state index contributed by atoms with van der Waals surface area (Å²) in [6.07, 6.45) is 0.598. The SMILES string of the molecule is COCCN1C[C@@H](CNC(=O)Cc2cc(F)ccc2C)CC1=O. The summed E-state index contributed by atoms with van der Waals surface area (Å²) in [4.78, 5) is 25.6. The quantitative estimate of drug-likeness (QED) is 0.823. The third-order valence-corrected chi connectivity index (χ3v) is 4.11. The molecule has 0 aromatic heterocycles. The first-order chi connectivity index (χ1) is 11.0. The molecular formula is C17H23FN2O3. The molecule has 0 unspecified atom stereocenters. The van der Waals surface area contributed by atoms with E-state index in [-0.39, 0.29) is 30.0 Å². The monoisotopic (exact) mass is 322 g/mol. The summed E-state index contributed by atoms with van der Waals surface area (Å²) in [5, 5.41) is 2.85. The average molecular weight is 322 g/mol. The topological polar surface area (TPSA) is 58.6 Å². The van der Waals surface area contributed by atoms with E-state index >= 15 is 0 Å². The predicted octanol–water partition coefficient (Wildman–Crippen LogP) is 1.29. The molecule has 1 aromatic carbocycles. The Labute approximate surface area is 135 Å². The summed E-state index contributed by atoms with van der Waals surface area (Å²) in [5.41, 5.74) is 1.58. The zero-order valence-corrected chi connectivity index (χ0v) is 13.6. The molecule has 2 amide bonds. The second-order valence-corrected chi connectivity index (χ2v) is 5.95. The lowest BCUT2D eigenvalue weighted by Gasteiger charge is -2.16. The predicted molar refractivity (Wildman–Crippen MR) is 84.4 cm³/mol. The van der Waals surface area contributed by atoms with Gasteiger partial charge in [-0.05, 0) is 30.2 Å². The molecule has 126 valence electrons. The molecule has 0 radical (unpaired) electrons. The van der Waals surface area contributed by atoms with Crippen molar-refractivity contribution >= 4 is 11.8 Å². The number of hydrogen-bond acceptors (Lipinski definition) is 3. The number of amides is 2. The van der Waals surface area contributed by atoms with Crippen molar-refractivity contribution in [2.75, 3.05) is 33.4 Å². The highest BCUT2D eigenvalue weighted by Crippen LogP contribution is 2.17. The summed E-state index contributed by atoms with van der Waals surface area (Å²) >= 11 is 0. The molecule has 1 fully saturated rings. The van der Waals surface area contributed by atoms with E-state index in [9.17, 15) is 14.0 Å². The zero-order chi connectivity index (χ0) is 16.8. The minimum Gasteiger partial charge on any atom is -0.383 e. The number of nitrogens with one attached hydrogen (secondary N) is 1. The number of hydrogen-bond donors (Lipinski definition) is 1. The molecule has 23 heavy (non-hydrogen) atoms. The molecule has 1 aliphatic rings. The summed E-state index contributed by atoms with van der Waals surface area (Å²) in [5.74, 6) is -0.269. The van der Waals surface area contributed by atoms with Crippen LogP contribution in [0.1, 0.15) is 17.5 Å². The summed E-state index contributed by atoms with van der Waals surface area (Å²) in [6, 6.07) is 4.44.